The van der Waals surface area contributed by atoms with Crippen molar-refractivity contribution in [1.29, 1.82) is 0 Å². The number of hydrogen-bond donors (Lipinski definition) is 3. The second-order valence-corrected chi connectivity index (χ2v) is 3.85. The number of aromatic nitrogens is 2. The fourth-order valence-electron chi connectivity index (χ4n) is 1.47. The highest BCUT2D eigenvalue weighted by atomic mass is 16.5. The molecule has 0 saturated carbocycles. The predicted octanol–water partition coefficient (Wildman–Crippen LogP) is 0.386. The highest BCUT2D eigenvalue weighted by Gasteiger charge is 2.04. The standard InChI is InChI=1S/C11H22N6O/c1-4-18-7-5-6-13-11(15-12)14-10-8-17(3)16-9(10)2/h8H,4-7,12H2,1-3H3,(H2,13,14,15). The monoisotopic (exact) mass is 254 g/mol. The Kier molecular flexibility index (Phi) is 6.16. The van der Waals surface area contributed by atoms with Crippen molar-refractivity contribution in [3.63, 3.8) is 0 Å². The van der Waals surface area contributed by atoms with Gasteiger partial charge in [-0.1, -0.05) is 0 Å². The van der Waals surface area contributed by atoms with Crippen molar-refractivity contribution in [1.82, 2.24) is 15.2 Å². The third-order valence-corrected chi connectivity index (χ3v) is 2.32. The largest absolute Gasteiger partial charge is 0.382 e. The predicted molar refractivity (Wildman–Crippen MR) is 72.3 cm³/mol. The van der Waals surface area contributed by atoms with Gasteiger partial charge in [0.25, 0.3) is 0 Å². The molecule has 0 atom stereocenters. The lowest BCUT2D eigenvalue weighted by molar-refractivity contribution is 0.146. The van der Waals surface area contributed by atoms with E-state index in [1.165, 1.54) is 0 Å². The van der Waals surface area contributed by atoms with Crippen LogP contribution < -0.4 is 16.6 Å². The van der Waals surface area contributed by atoms with Crippen molar-refractivity contribution in [3.8, 4) is 0 Å². The van der Waals surface area contributed by atoms with Crippen LogP contribution in [0.5, 0.6) is 0 Å². The summed E-state index contributed by atoms with van der Waals surface area (Å²) in [4.78, 5) is 4.31. The van der Waals surface area contributed by atoms with Crippen LogP contribution in [0.2, 0.25) is 0 Å². The van der Waals surface area contributed by atoms with Gasteiger partial charge in [-0.25, -0.2) is 5.84 Å². The number of ether oxygens (including phenoxy) is 1. The first-order valence-electron chi connectivity index (χ1n) is 6.03. The quantitative estimate of drug-likeness (QED) is 0.225. The molecule has 0 saturated heterocycles. The van der Waals surface area contributed by atoms with Crippen molar-refractivity contribution in [2.45, 2.75) is 20.3 Å². The molecule has 1 aromatic rings. The molecule has 0 bridgehead atoms. The molecule has 1 rings (SSSR count). The van der Waals surface area contributed by atoms with Crippen LogP contribution in [-0.4, -0.2) is 35.5 Å². The molecule has 0 aliphatic rings. The molecular formula is C11H22N6O. The summed E-state index contributed by atoms with van der Waals surface area (Å²) in [6.07, 6.45) is 2.75. The van der Waals surface area contributed by atoms with E-state index in [1.807, 2.05) is 27.1 Å². The summed E-state index contributed by atoms with van der Waals surface area (Å²) in [5.41, 5.74) is 4.32. The molecule has 7 nitrogen and oxygen atoms in total. The lowest BCUT2D eigenvalue weighted by Crippen LogP contribution is -2.36. The fraction of sp³-hybridized carbons (Fsp3) is 0.636. The third-order valence-electron chi connectivity index (χ3n) is 2.32. The number of anilines is 1. The van der Waals surface area contributed by atoms with Crippen LogP contribution in [0, 0.1) is 6.92 Å². The van der Waals surface area contributed by atoms with Crippen LogP contribution in [0.4, 0.5) is 5.69 Å². The zero-order valence-corrected chi connectivity index (χ0v) is 11.2. The number of rotatable bonds is 6. The van der Waals surface area contributed by atoms with Gasteiger partial charge >= 0.3 is 0 Å². The maximum atomic E-state index is 5.42. The topological polar surface area (TPSA) is 89.5 Å². The van der Waals surface area contributed by atoms with Gasteiger partial charge in [-0.3, -0.25) is 15.1 Å². The van der Waals surface area contributed by atoms with E-state index in [0.29, 0.717) is 19.1 Å². The van der Waals surface area contributed by atoms with E-state index in [1.54, 1.807) is 4.68 Å². The van der Waals surface area contributed by atoms with E-state index in [2.05, 4.69) is 20.8 Å². The third kappa shape index (κ3) is 4.72. The van der Waals surface area contributed by atoms with Crippen molar-refractivity contribution >= 4 is 11.6 Å². The number of aryl methyl sites for hydroxylation is 2. The first kappa shape index (κ1) is 14.5. The fourth-order valence-corrected chi connectivity index (χ4v) is 1.47. The highest BCUT2D eigenvalue weighted by molar-refractivity contribution is 5.93. The Bertz CT molecular complexity index is 387. The molecule has 0 unspecified atom stereocenters. The lowest BCUT2D eigenvalue weighted by atomic mass is 10.4. The van der Waals surface area contributed by atoms with E-state index < -0.39 is 0 Å². The molecule has 7 heteroatoms. The van der Waals surface area contributed by atoms with Crippen LogP contribution in [-0.2, 0) is 11.8 Å². The molecule has 0 aromatic carbocycles. The summed E-state index contributed by atoms with van der Waals surface area (Å²) in [7, 11) is 1.87. The molecule has 18 heavy (non-hydrogen) atoms. The molecular weight excluding hydrogens is 232 g/mol. The zero-order chi connectivity index (χ0) is 13.4. The second-order valence-electron chi connectivity index (χ2n) is 3.85. The van der Waals surface area contributed by atoms with Crippen molar-refractivity contribution in [2.24, 2.45) is 17.9 Å². The molecule has 102 valence electrons. The summed E-state index contributed by atoms with van der Waals surface area (Å²) in [5.74, 6) is 5.95. The van der Waals surface area contributed by atoms with Crippen LogP contribution in [0.3, 0.4) is 0 Å². The summed E-state index contributed by atoms with van der Waals surface area (Å²) < 4.78 is 6.97. The van der Waals surface area contributed by atoms with Gasteiger partial charge in [0.15, 0.2) is 0 Å². The smallest absolute Gasteiger partial charge is 0.210 e. The van der Waals surface area contributed by atoms with Gasteiger partial charge in [-0.2, -0.15) is 5.10 Å². The van der Waals surface area contributed by atoms with Gasteiger partial charge in [0.1, 0.15) is 0 Å². The van der Waals surface area contributed by atoms with Gasteiger partial charge in [-0.15, -0.1) is 0 Å². The average Bonchev–Trinajstić information content (AvgIpc) is 2.66. The van der Waals surface area contributed by atoms with Crippen LogP contribution in [0.15, 0.2) is 11.2 Å². The lowest BCUT2D eigenvalue weighted by Gasteiger charge is -2.07. The minimum Gasteiger partial charge on any atom is -0.382 e. The Hall–Kier alpha value is -1.60. The maximum absolute atomic E-state index is 5.42. The Balaban J connectivity index is 2.46. The summed E-state index contributed by atoms with van der Waals surface area (Å²) in [5, 5.41) is 7.33. The normalized spacial score (nSPS) is 11.7. The van der Waals surface area contributed by atoms with Crippen molar-refractivity contribution < 1.29 is 4.74 Å². The summed E-state index contributed by atoms with van der Waals surface area (Å²) >= 11 is 0. The molecule has 0 fully saturated rings. The molecule has 0 amide bonds. The number of guanidine groups is 1. The molecule has 1 heterocycles. The Morgan fingerprint density at radius 2 is 2.39 bits per heavy atom. The molecule has 1 aromatic heterocycles. The number of hydrazine groups is 1. The van der Waals surface area contributed by atoms with E-state index in [9.17, 15) is 0 Å². The SMILES string of the molecule is CCOCCCN=C(NN)Nc1cn(C)nc1C. The summed E-state index contributed by atoms with van der Waals surface area (Å²) in [6, 6.07) is 0. The van der Waals surface area contributed by atoms with Crippen molar-refractivity contribution in [2.75, 3.05) is 25.1 Å². The second kappa shape index (κ2) is 7.67. The number of hydrogen-bond acceptors (Lipinski definition) is 4. The highest BCUT2D eigenvalue weighted by Crippen LogP contribution is 2.10. The Morgan fingerprint density at radius 3 is 2.94 bits per heavy atom. The van der Waals surface area contributed by atoms with Crippen LogP contribution in [0.1, 0.15) is 19.0 Å². The van der Waals surface area contributed by atoms with Crippen molar-refractivity contribution in [3.05, 3.63) is 11.9 Å². The number of nitrogens with zero attached hydrogens (tertiary/aromatic N) is 3. The van der Waals surface area contributed by atoms with Gasteiger partial charge in [-0.05, 0) is 20.3 Å². The van der Waals surface area contributed by atoms with Gasteiger partial charge < -0.3 is 10.1 Å². The Labute approximate surface area is 107 Å². The van der Waals surface area contributed by atoms with E-state index in [-0.39, 0.29) is 0 Å². The van der Waals surface area contributed by atoms with E-state index >= 15 is 0 Å². The molecule has 0 aliphatic carbocycles. The first-order chi connectivity index (χ1) is 8.67. The zero-order valence-electron chi connectivity index (χ0n) is 11.2. The molecule has 0 aliphatic heterocycles. The first-order valence-corrected chi connectivity index (χ1v) is 6.03. The number of nitrogens with two attached hydrogens (primary N) is 1. The molecule has 0 spiro atoms. The minimum absolute atomic E-state index is 0.530. The summed E-state index contributed by atoms with van der Waals surface area (Å²) in [6.45, 7) is 6.00. The maximum Gasteiger partial charge on any atom is 0.210 e. The number of nitrogens with one attached hydrogen (secondary N) is 2. The van der Waals surface area contributed by atoms with E-state index in [0.717, 1.165) is 24.4 Å². The number of aliphatic imine (C=N–C) groups is 1. The average molecular weight is 254 g/mol. The van der Waals surface area contributed by atoms with E-state index in [4.69, 9.17) is 10.6 Å². The molecule has 4 N–H and O–H groups in total. The minimum atomic E-state index is 0.530. The Morgan fingerprint density at radius 1 is 1.61 bits per heavy atom. The van der Waals surface area contributed by atoms with Gasteiger partial charge in [0, 0.05) is 33.0 Å². The van der Waals surface area contributed by atoms with Gasteiger partial charge in [0.2, 0.25) is 5.96 Å². The molecule has 0 radical (unpaired) electrons. The van der Waals surface area contributed by atoms with Gasteiger partial charge in [0.05, 0.1) is 11.4 Å². The van der Waals surface area contributed by atoms with Crippen LogP contribution >= 0.6 is 0 Å². The van der Waals surface area contributed by atoms with Crippen LogP contribution in [0.25, 0.3) is 0 Å².